The molecule has 1 heterocycles. The molecule has 0 atom stereocenters. The van der Waals surface area contributed by atoms with E-state index in [0.717, 1.165) is 18.8 Å². The molecule has 0 spiro atoms. The van der Waals surface area contributed by atoms with E-state index < -0.39 is 4.92 Å². The summed E-state index contributed by atoms with van der Waals surface area (Å²) in [6.07, 6.45) is 1.93. The first-order chi connectivity index (χ1) is 13.9. The molecule has 0 aromatic heterocycles. The lowest BCUT2D eigenvalue weighted by Gasteiger charge is -2.36. The number of phenols is 1. The second-order valence-electron chi connectivity index (χ2n) is 6.62. The first kappa shape index (κ1) is 20.8. The van der Waals surface area contributed by atoms with Crippen LogP contribution in [0.25, 0.3) is 0 Å². The fraction of sp³-hybridized carbons (Fsp3) is 0.300. The van der Waals surface area contributed by atoms with Crippen molar-refractivity contribution in [1.82, 2.24) is 4.90 Å². The number of aliphatic imine (C=N–C) groups is 1. The molecule has 152 valence electrons. The summed E-state index contributed by atoms with van der Waals surface area (Å²) in [6, 6.07) is 10.1. The summed E-state index contributed by atoms with van der Waals surface area (Å²) < 4.78 is 0.240. The second-order valence-corrected chi connectivity index (χ2v) is 7.47. The topological polar surface area (TPSA) is 99.3 Å². The first-order valence-corrected chi connectivity index (χ1v) is 10.0. The number of nitro groups is 1. The third kappa shape index (κ3) is 4.92. The van der Waals surface area contributed by atoms with E-state index >= 15 is 0 Å². The SMILES string of the molecule is CCC(=O)N1CCN(c2ccc(N=Cc3cc([N+](=O)[O-])cc(Br)c3O)cc2)CC1. The van der Waals surface area contributed by atoms with Gasteiger partial charge in [-0.15, -0.1) is 0 Å². The zero-order valence-electron chi connectivity index (χ0n) is 15.9. The van der Waals surface area contributed by atoms with Gasteiger partial charge in [0.1, 0.15) is 5.75 Å². The van der Waals surface area contributed by atoms with Crippen LogP contribution in [0, 0.1) is 10.1 Å². The van der Waals surface area contributed by atoms with Crippen molar-refractivity contribution in [1.29, 1.82) is 0 Å². The van der Waals surface area contributed by atoms with Gasteiger partial charge in [0.15, 0.2) is 0 Å². The van der Waals surface area contributed by atoms with Gasteiger partial charge in [0.05, 0.1) is 15.1 Å². The number of hydrogen-bond donors (Lipinski definition) is 1. The smallest absolute Gasteiger partial charge is 0.271 e. The number of amides is 1. The highest BCUT2D eigenvalue weighted by molar-refractivity contribution is 9.10. The quantitative estimate of drug-likeness (QED) is 0.414. The molecular weight excluding hydrogens is 440 g/mol. The van der Waals surface area contributed by atoms with Gasteiger partial charge in [-0.1, -0.05) is 6.92 Å². The highest BCUT2D eigenvalue weighted by atomic mass is 79.9. The van der Waals surface area contributed by atoms with Crippen molar-refractivity contribution in [3.05, 3.63) is 56.5 Å². The molecule has 1 saturated heterocycles. The number of piperazine rings is 1. The number of rotatable bonds is 5. The van der Waals surface area contributed by atoms with Crippen LogP contribution in [0.2, 0.25) is 0 Å². The fourth-order valence-electron chi connectivity index (χ4n) is 3.14. The van der Waals surface area contributed by atoms with Gasteiger partial charge in [-0.25, -0.2) is 0 Å². The van der Waals surface area contributed by atoms with Crippen molar-refractivity contribution >= 4 is 45.1 Å². The van der Waals surface area contributed by atoms with Crippen LogP contribution in [0.4, 0.5) is 17.1 Å². The third-order valence-corrected chi connectivity index (χ3v) is 5.40. The number of non-ortho nitro benzene ring substituents is 1. The number of benzene rings is 2. The standard InChI is InChI=1S/C20H21BrN4O4/c1-2-19(26)24-9-7-23(8-10-24)16-5-3-15(4-6-16)22-13-14-11-17(25(28)29)12-18(21)20(14)27/h3-6,11-13,27H,2,7-10H2,1H3. The highest BCUT2D eigenvalue weighted by Gasteiger charge is 2.20. The summed E-state index contributed by atoms with van der Waals surface area (Å²) in [5.41, 5.74) is 1.84. The van der Waals surface area contributed by atoms with Crippen LogP contribution in [0.1, 0.15) is 18.9 Å². The van der Waals surface area contributed by atoms with Crippen molar-refractivity contribution in [2.24, 2.45) is 4.99 Å². The molecule has 0 unspecified atom stereocenters. The van der Waals surface area contributed by atoms with E-state index in [1.165, 1.54) is 18.3 Å². The van der Waals surface area contributed by atoms with Crippen LogP contribution in [-0.2, 0) is 4.79 Å². The van der Waals surface area contributed by atoms with E-state index in [1.54, 1.807) is 0 Å². The van der Waals surface area contributed by atoms with E-state index in [-0.39, 0.29) is 27.4 Å². The van der Waals surface area contributed by atoms with Crippen molar-refractivity contribution in [2.45, 2.75) is 13.3 Å². The van der Waals surface area contributed by atoms with E-state index in [4.69, 9.17) is 0 Å². The Morgan fingerprint density at radius 2 is 1.90 bits per heavy atom. The molecule has 0 saturated carbocycles. The Labute approximate surface area is 176 Å². The molecule has 1 N–H and O–H groups in total. The summed E-state index contributed by atoms with van der Waals surface area (Å²) in [5, 5.41) is 21.1. The number of nitrogens with zero attached hydrogens (tertiary/aromatic N) is 4. The maximum Gasteiger partial charge on any atom is 0.271 e. The number of nitro benzene ring substituents is 1. The Morgan fingerprint density at radius 3 is 2.48 bits per heavy atom. The average molecular weight is 461 g/mol. The Hall–Kier alpha value is -2.94. The first-order valence-electron chi connectivity index (χ1n) is 9.22. The van der Waals surface area contributed by atoms with Gasteiger partial charge in [0.2, 0.25) is 5.91 Å². The van der Waals surface area contributed by atoms with Crippen molar-refractivity contribution in [3.63, 3.8) is 0 Å². The molecule has 1 aliphatic heterocycles. The second kappa shape index (κ2) is 9.04. The van der Waals surface area contributed by atoms with Crippen LogP contribution >= 0.6 is 15.9 Å². The van der Waals surface area contributed by atoms with E-state index in [0.29, 0.717) is 25.2 Å². The lowest BCUT2D eigenvalue weighted by atomic mass is 10.2. The normalized spacial score (nSPS) is 14.4. The zero-order valence-corrected chi connectivity index (χ0v) is 17.5. The minimum absolute atomic E-state index is 0.101. The summed E-state index contributed by atoms with van der Waals surface area (Å²) in [7, 11) is 0. The van der Waals surface area contributed by atoms with Crippen molar-refractivity contribution in [3.8, 4) is 5.75 Å². The lowest BCUT2D eigenvalue weighted by molar-refractivity contribution is -0.385. The number of anilines is 1. The Morgan fingerprint density at radius 1 is 1.24 bits per heavy atom. The summed E-state index contributed by atoms with van der Waals surface area (Å²) in [6.45, 7) is 4.87. The molecule has 2 aromatic rings. The van der Waals surface area contributed by atoms with Gasteiger partial charge >= 0.3 is 0 Å². The van der Waals surface area contributed by atoms with Crippen LogP contribution < -0.4 is 4.90 Å². The van der Waals surface area contributed by atoms with Crippen molar-refractivity contribution in [2.75, 3.05) is 31.1 Å². The summed E-state index contributed by atoms with van der Waals surface area (Å²) in [4.78, 5) is 30.7. The molecule has 8 nitrogen and oxygen atoms in total. The Kier molecular flexibility index (Phi) is 6.48. The van der Waals surface area contributed by atoms with Gasteiger partial charge in [-0.3, -0.25) is 19.9 Å². The van der Waals surface area contributed by atoms with Crippen LogP contribution in [0.5, 0.6) is 5.75 Å². The monoisotopic (exact) mass is 460 g/mol. The van der Waals surface area contributed by atoms with Gasteiger partial charge in [-0.05, 0) is 40.2 Å². The fourth-order valence-corrected chi connectivity index (χ4v) is 3.60. The zero-order chi connectivity index (χ0) is 21.0. The van der Waals surface area contributed by atoms with Gasteiger partial charge in [-0.2, -0.15) is 0 Å². The summed E-state index contributed by atoms with van der Waals surface area (Å²) in [5.74, 6) is 0.0841. The molecule has 2 aromatic carbocycles. The maximum atomic E-state index is 11.8. The largest absolute Gasteiger partial charge is 0.506 e. The number of phenolic OH excluding ortho intramolecular Hbond substituents is 1. The molecule has 0 aliphatic carbocycles. The average Bonchev–Trinajstić information content (AvgIpc) is 2.74. The molecule has 1 aliphatic rings. The van der Waals surface area contributed by atoms with Gasteiger partial charge < -0.3 is 14.9 Å². The minimum atomic E-state index is -0.524. The highest BCUT2D eigenvalue weighted by Crippen LogP contribution is 2.32. The van der Waals surface area contributed by atoms with Crippen molar-refractivity contribution < 1.29 is 14.8 Å². The van der Waals surface area contributed by atoms with E-state index in [1.807, 2.05) is 36.1 Å². The number of carbonyl (C=O) groups is 1. The van der Waals surface area contributed by atoms with Crippen LogP contribution in [0.3, 0.4) is 0 Å². The predicted molar refractivity (Wildman–Crippen MR) is 115 cm³/mol. The lowest BCUT2D eigenvalue weighted by Crippen LogP contribution is -2.48. The Balaban J connectivity index is 1.69. The number of aromatic hydroxyl groups is 1. The molecule has 1 amide bonds. The molecule has 9 heteroatoms. The van der Waals surface area contributed by atoms with Gasteiger partial charge in [0.25, 0.3) is 5.69 Å². The van der Waals surface area contributed by atoms with Crippen LogP contribution in [-0.4, -0.2) is 53.2 Å². The molecule has 0 bridgehead atoms. The third-order valence-electron chi connectivity index (χ3n) is 4.79. The number of carbonyl (C=O) groups excluding carboxylic acids is 1. The molecular formula is C20H21BrN4O4. The van der Waals surface area contributed by atoms with E-state index in [2.05, 4.69) is 25.8 Å². The number of halogens is 1. The predicted octanol–water partition coefficient (Wildman–Crippen LogP) is 3.87. The minimum Gasteiger partial charge on any atom is -0.506 e. The Bertz CT molecular complexity index is 938. The van der Waals surface area contributed by atoms with Gasteiger partial charge in [0, 0.05) is 62.2 Å². The molecule has 0 radical (unpaired) electrons. The summed E-state index contributed by atoms with van der Waals surface area (Å²) >= 11 is 3.12. The maximum absolute atomic E-state index is 11.8. The van der Waals surface area contributed by atoms with E-state index in [9.17, 15) is 20.0 Å². The van der Waals surface area contributed by atoms with Crippen LogP contribution in [0.15, 0.2) is 45.9 Å². The number of hydrogen-bond acceptors (Lipinski definition) is 6. The molecule has 1 fully saturated rings. The molecule has 3 rings (SSSR count). The molecule has 29 heavy (non-hydrogen) atoms.